The summed E-state index contributed by atoms with van der Waals surface area (Å²) >= 11 is 0. The van der Waals surface area contributed by atoms with E-state index in [-0.39, 0.29) is 0 Å². The fourth-order valence-electron chi connectivity index (χ4n) is 0.452. The molecule has 4 heteroatoms. The maximum absolute atomic E-state index is 1.77. The molecular weight excluding hydrogens is 236 g/mol. The van der Waals surface area contributed by atoms with Crippen molar-refractivity contribution >= 4 is 33.8 Å². The predicted octanol–water partition coefficient (Wildman–Crippen LogP) is -1.52. The summed E-state index contributed by atoms with van der Waals surface area (Å²) in [6.45, 7) is 0. The van der Waals surface area contributed by atoms with E-state index in [1.807, 2.05) is 0 Å². The number of hydrogen-bond donors (Lipinski definition) is 0. The van der Waals surface area contributed by atoms with Gasteiger partial charge in [0.2, 0.25) is 0 Å². The average Bonchev–Trinajstić information content (AvgIpc) is 1.71. The second-order valence-electron chi connectivity index (χ2n) is 1.31. The van der Waals surface area contributed by atoms with Crippen LogP contribution in [0.5, 0.6) is 0 Å². The second-order valence-corrected chi connectivity index (χ2v) is 65.7. The van der Waals surface area contributed by atoms with E-state index < -0.39 is 0 Å². The van der Waals surface area contributed by atoms with Crippen molar-refractivity contribution in [1.82, 2.24) is 0 Å². The standard InChI is InChI=1S/As3B/c1-2-3(1)4(1)2. The average molecular weight is 236 g/mol. The second kappa shape index (κ2) is 0.351. The molecule has 0 spiro atoms. The van der Waals surface area contributed by atoms with Crippen molar-refractivity contribution < 1.29 is 0 Å². The van der Waals surface area contributed by atoms with E-state index >= 15 is 0 Å². The summed E-state index contributed by atoms with van der Waals surface area (Å²) in [6.07, 6.45) is 0. The Morgan fingerprint density at radius 1 is 1.00 bits per heavy atom. The molecule has 0 amide bonds. The van der Waals surface area contributed by atoms with Gasteiger partial charge in [0.15, 0.2) is 0 Å². The molecule has 4 aliphatic heterocycles. The molecule has 0 unspecified atom stereocenters. The molecule has 4 aliphatic rings. The molecule has 0 N–H and O–H groups in total. The molecule has 0 saturated carbocycles. The van der Waals surface area contributed by atoms with Crippen LogP contribution in [-0.4, -0.2) is 33.8 Å². The van der Waals surface area contributed by atoms with Crippen LogP contribution in [0.1, 0.15) is 0 Å². The monoisotopic (exact) mass is 236 g/mol. The summed E-state index contributed by atoms with van der Waals surface area (Å²) in [5.74, 6) is 0. The molecule has 4 fully saturated rings. The maximum atomic E-state index is 1.77. The first-order valence-corrected chi connectivity index (χ1v) is 20.2. The molecule has 0 atom stereocenters. The summed E-state index contributed by atoms with van der Waals surface area (Å²) in [7, 11) is 1.81. The summed E-state index contributed by atoms with van der Waals surface area (Å²) in [6, 6.07) is 0. The Bertz CT molecular complexity index is 46.3. The summed E-state index contributed by atoms with van der Waals surface area (Å²) in [5, 5.41) is 0. The molecule has 4 rings (SSSR count). The van der Waals surface area contributed by atoms with Gasteiger partial charge in [0.25, 0.3) is 0 Å². The minimum absolute atomic E-state index is 0.604. The van der Waals surface area contributed by atoms with E-state index in [1.54, 1.807) is 2.79 Å². The Balaban J connectivity index is 3.00. The van der Waals surface area contributed by atoms with E-state index in [2.05, 4.69) is 0 Å². The van der Waals surface area contributed by atoms with Crippen molar-refractivity contribution in [2.24, 2.45) is 0 Å². The van der Waals surface area contributed by atoms with Crippen LogP contribution in [0.15, 0.2) is 0 Å². The zero-order valence-electron chi connectivity index (χ0n) is 1.92. The molecule has 0 nitrogen and oxygen atoms in total. The molecular formula is As3B. The van der Waals surface area contributed by atoms with Crippen molar-refractivity contribution in [3.8, 4) is 0 Å². The Labute approximate surface area is 33.5 Å². The van der Waals surface area contributed by atoms with E-state index in [9.17, 15) is 0 Å². The first-order valence-electron chi connectivity index (χ1n) is 1.37. The van der Waals surface area contributed by atoms with Gasteiger partial charge in [-0.15, -0.1) is 0 Å². The van der Waals surface area contributed by atoms with Crippen molar-refractivity contribution in [2.45, 2.75) is 0 Å². The molecule has 0 aromatic rings. The number of rotatable bonds is 0. The Morgan fingerprint density at radius 2 is 1.25 bits per heavy atom. The molecule has 0 aromatic carbocycles. The van der Waals surface area contributed by atoms with Gasteiger partial charge in [-0.2, -0.15) is 0 Å². The van der Waals surface area contributed by atoms with Gasteiger partial charge in [-0.25, -0.2) is 0 Å². The van der Waals surface area contributed by atoms with Crippen LogP contribution >= 0.6 is 0 Å². The van der Waals surface area contributed by atoms with Crippen molar-refractivity contribution in [1.29, 1.82) is 0 Å². The van der Waals surface area contributed by atoms with Gasteiger partial charge in [0.1, 0.15) is 0 Å². The first kappa shape index (κ1) is 2.15. The Morgan fingerprint density at radius 3 is 1.25 bits per heavy atom. The van der Waals surface area contributed by atoms with Gasteiger partial charge < -0.3 is 0 Å². The van der Waals surface area contributed by atoms with Crippen molar-refractivity contribution in [3.05, 3.63) is 0 Å². The third-order valence-corrected chi connectivity index (χ3v) is 109. The summed E-state index contributed by atoms with van der Waals surface area (Å²) < 4.78 is 1.77. The normalized spacial score (nSPS) is 90.0. The van der Waals surface area contributed by atoms with Crippen LogP contribution in [0, 0.1) is 0 Å². The molecule has 4 heterocycles. The fourth-order valence-corrected chi connectivity index (χ4v) is 186. The fraction of sp³-hybridized carbons (Fsp3) is 0. The van der Waals surface area contributed by atoms with Crippen LogP contribution in [0.2, 0.25) is 0 Å². The van der Waals surface area contributed by atoms with E-state index in [0.29, 0.717) is 31.0 Å². The van der Waals surface area contributed by atoms with Crippen molar-refractivity contribution in [3.63, 3.8) is 0 Å². The van der Waals surface area contributed by atoms with Crippen LogP contribution in [-0.2, 0) is 0 Å². The number of hydrogen-bond acceptors (Lipinski definition) is 0. The summed E-state index contributed by atoms with van der Waals surface area (Å²) in [5.41, 5.74) is 0. The quantitative estimate of drug-likeness (QED) is 0.448. The van der Waals surface area contributed by atoms with Gasteiger partial charge in [-0.1, -0.05) is 0 Å². The van der Waals surface area contributed by atoms with E-state index in [1.165, 1.54) is 0 Å². The first-order chi connectivity index (χ1) is 2.00. The molecule has 0 aromatic heterocycles. The van der Waals surface area contributed by atoms with Crippen LogP contribution in [0.25, 0.3) is 0 Å². The third-order valence-electron chi connectivity index (χ3n) is 1.06. The topological polar surface area (TPSA) is 0 Å². The Hall–Kier alpha value is 1.74. The third kappa shape index (κ3) is 0.0892. The van der Waals surface area contributed by atoms with Gasteiger partial charge in [-0.05, 0) is 0 Å². The summed E-state index contributed by atoms with van der Waals surface area (Å²) in [4.78, 5) is 0. The van der Waals surface area contributed by atoms with E-state index in [0.717, 1.165) is 0 Å². The van der Waals surface area contributed by atoms with E-state index in [4.69, 9.17) is 0 Å². The van der Waals surface area contributed by atoms with Crippen LogP contribution in [0.3, 0.4) is 0 Å². The predicted molar refractivity (Wildman–Crippen MR) is 23.0 cm³/mol. The zero-order valence-corrected chi connectivity index (χ0v) is 7.55. The van der Waals surface area contributed by atoms with Gasteiger partial charge in [0, 0.05) is 0 Å². The van der Waals surface area contributed by atoms with Crippen LogP contribution < -0.4 is 0 Å². The van der Waals surface area contributed by atoms with Gasteiger partial charge in [0.05, 0.1) is 0 Å². The SMILES string of the molecule is B12[As]3[As]1[As]23. The Kier molecular flexibility index (Phi) is 0.189. The van der Waals surface area contributed by atoms with Crippen molar-refractivity contribution in [2.75, 3.05) is 0 Å². The zero-order chi connectivity index (χ0) is 2.31. The molecule has 4 saturated heterocycles. The van der Waals surface area contributed by atoms with Crippen LogP contribution in [0.4, 0.5) is 0 Å². The molecule has 0 radical (unpaired) electrons. The minimum atomic E-state index is 0.604. The molecule has 18 valence electrons. The van der Waals surface area contributed by atoms with Gasteiger partial charge >= 0.3 is 33.8 Å². The molecule has 0 aliphatic carbocycles. The molecule has 0 bridgehead atoms. The molecule has 4 heavy (non-hydrogen) atoms. The van der Waals surface area contributed by atoms with Gasteiger partial charge in [-0.3, -0.25) is 0 Å².